The number of hydrogen-bond acceptors (Lipinski definition) is 2. The Bertz CT molecular complexity index is 214. The molecule has 2 N–H and O–H groups in total. The zero-order valence-corrected chi connectivity index (χ0v) is 7.89. The standard InChI is InChI=1S/C11H18O2/c12-5-10-8-3-7-2-1-6(8)4-9(7)11(10)13/h6-13H,1-5H2/t6-,7-,8-,9-,10+,11+/m0/s1. The first-order valence-electron chi connectivity index (χ1n) is 5.60. The average Bonchev–Trinajstić information content (AvgIpc) is 2.19. The highest BCUT2D eigenvalue weighted by atomic mass is 16.3. The fourth-order valence-corrected chi connectivity index (χ4v) is 4.28. The zero-order chi connectivity index (χ0) is 9.00. The molecule has 13 heavy (non-hydrogen) atoms. The van der Waals surface area contributed by atoms with Crippen LogP contribution in [0.3, 0.4) is 0 Å². The molecule has 5 saturated carbocycles. The molecule has 4 bridgehead atoms. The van der Waals surface area contributed by atoms with E-state index < -0.39 is 0 Å². The van der Waals surface area contributed by atoms with Gasteiger partial charge in [0, 0.05) is 12.5 Å². The topological polar surface area (TPSA) is 40.5 Å². The highest BCUT2D eigenvalue weighted by molar-refractivity contribution is 5.03. The summed E-state index contributed by atoms with van der Waals surface area (Å²) < 4.78 is 0. The Hall–Kier alpha value is -0.0800. The van der Waals surface area contributed by atoms with Gasteiger partial charge < -0.3 is 10.2 Å². The zero-order valence-electron chi connectivity index (χ0n) is 7.89. The first-order valence-corrected chi connectivity index (χ1v) is 5.60. The number of rotatable bonds is 1. The molecule has 5 fully saturated rings. The summed E-state index contributed by atoms with van der Waals surface area (Å²) in [5.74, 6) is 2.99. The van der Waals surface area contributed by atoms with Gasteiger partial charge in [-0.2, -0.15) is 0 Å². The number of fused-ring (bicyclic) bond motifs is 2. The maximum Gasteiger partial charge on any atom is 0.0623 e. The predicted octanol–water partition coefficient (Wildman–Crippen LogP) is 1.02. The number of aliphatic hydroxyl groups excluding tert-OH is 2. The van der Waals surface area contributed by atoms with Crippen molar-refractivity contribution < 1.29 is 10.2 Å². The Labute approximate surface area is 79.0 Å². The van der Waals surface area contributed by atoms with Crippen LogP contribution in [0.15, 0.2) is 0 Å². The molecule has 74 valence electrons. The van der Waals surface area contributed by atoms with E-state index in [1.165, 1.54) is 25.7 Å². The fraction of sp³-hybridized carbons (Fsp3) is 1.00. The van der Waals surface area contributed by atoms with Crippen molar-refractivity contribution in [2.75, 3.05) is 6.61 Å². The Morgan fingerprint density at radius 1 is 1.00 bits per heavy atom. The van der Waals surface area contributed by atoms with Gasteiger partial charge in [-0.3, -0.25) is 0 Å². The first kappa shape index (κ1) is 8.25. The van der Waals surface area contributed by atoms with E-state index in [0.717, 1.165) is 11.8 Å². The van der Waals surface area contributed by atoms with Crippen LogP contribution in [0.5, 0.6) is 0 Å². The molecule has 0 aliphatic heterocycles. The lowest BCUT2D eigenvalue weighted by Crippen LogP contribution is -2.56. The van der Waals surface area contributed by atoms with E-state index in [-0.39, 0.29) is 18.6 Å². The Morgan fingerprint density at radius 3 is 2.15 bits per heavy atom. The third-order valence-corrected chi connectivity index (χ3v) is 4.91. The summed E-state index contributed by atoms with van der Waals surface area (Å²) in [4.78, 5) is 0. The highest BCUT2D eigenvalue weighted by Crippen LogP contribution is 2.57. The summed E-state index contributed by atoms with van der Waals surface area (Å²) in [6.07, 6.45) is 5.03. The third-order valence-electron chi connectivity index (χ3n) is 4.91. The smallest absolute Gasteiger partial charge is 0.0623 e. The van der Waals surface area contributed by atoms with E-state index >= 15 is 0 Å². The average molecular weight is 182 g/mol. The van der Waals surface area contributed by atoms with Gasteiger partial charge in [-0.15, -0.1) is 0 Å². The van der Waals surface area contributed by atoms with E-state index in [0.29, 0.717) is 11.8 Å². The van der Waals surface area contributed by atoms with Crippen molar-refractivity contribution in [1.82, 2.24) is 0 Å². The van der Waals surface area contributed by atoms with Gasteiger partial charge in [-0.05, 0) is 49.4 Å². The van der Waals surface area contributed by atoms with Crippen molar-refractivity contribution in [2.24, 2.45) is 29.6 Å². The van der Waals surface area contributed by atoms with Gasteiger partial charge in [-0.1, -0.05) is 0 Å². The minimum atomic E-state index is -0.190. The van der Waals surface area contributed by atoms with Crippen LogP contribution in [-0.2, 0) is 0 Å². The van der Waals surface area contributed by atoms with E-state index in [2.05, 4.69) is 0 Å². The lowest BCUT2D eigenvalue weighted by molar-refractivity contribution is -0.156. The molecule has 5 aliphatic carbocycles. The molecule has 5 aliphatic rings. The van der Waals surface area contributed by atoms with Crippen molar-refractivity contribution in [1.29, 1.82) is 0 Å². The lowest BCUT2D eigenvalue weighted by atomic mass is 9.49. The summed E-state index contributed by atoms with van der Waals surface area (Å²) >= 11 is 0. The highest BCUT2D eigenvalue weighted by Gasteiger charge is 2.54. The predicted molar refractivity (Wildman–Crippen MR) is 49.0 cm³/mol. The van der Waals surface area contributed by atoms with E-state index in [1.54, 1.807) is 0 Å². The Balaban J connectivity index is 1.91. The monoisotopic (exact) mass is 182 g/mol. The molecule has 0 aromatic rings. The maximum atomic E-state index is 10.0. The van der Waals surface area contributed by atoms with Crippen LogP contribution in [0.1, 0.15) is 25.7 Å². The first-order chi connectivity index (χ1) is 6.31. The SMILES string of the molecule is OC[C@H]1[C@H](O)[C@H]2C[C@@H]3CC[C@H]2C[C@@H]31. The second-order valence-electron chi connectivity index (χ2n) is 5.23. The molecule has 0 unspecified atom stereocenters. The van der Waals surface area contributed by atoms with Gasteiger partial charge >= 0.3 is 0 Å². The van der Waals surface area contributed by atoms with Gasteiger partial charge in [0.25, 0.3) is 0 Å². The van der Waals surface area contributed by atoms with Crippen LogP contribution in [0.2, 0.25) is 0 Å². The van der Waals surface area contributed by atoms with Crippen molar-refractivity contribution in [2.45, 2.75) is 31.8 Å². The molecule has 0 heterocycles. The second kappa shape index (κ2) is 2.71. The summed E-state index contributed by atoms with van der Waals surface area (Å²) in [7, 11) is 0. The van der Waals surface area contributed by atoms with Crippen molar-refractivity contribution >= 4 is 0 Å². The molecule has 0 aromatic heterocycles. The third kappa shape index (κ3) is 0.962. The van der Waals surface area contributed by atoms with Crippen LogP contribution in [0.4, 0.5) is 0 Å². The summed E-state index contributed by atoms with van der Waals surface area (Å²) in [5.41, 5.74) is 0. The van der Waals surface area contributed by atoms with Crippen LogP contribution in [0.25, 0.3) is 0 Å². The minimum Gasteiger partial charge on any atom is -0.396 e. The Kier molecular flexibility index (Phi) is 1.72. The lowest BCUT2D eigenvalue weighted by Gasteiger charge is -2.58. The molecule has 0 radical (unpaired) electrons. The van der Waals surface area contributed by atoms with E-state index in [4.69, 9.17) is 0 Å². The van der Waals surface area contributed by atoms with E-state index in [9.17, 15) is 10.2 Å². The molecule has 0 aromatic carbocycles. The van der Waals surface area contributed by atoms with Gasteiger partial charge in [0.1, 0.15) is 0 Å². The second-order valence-corrected chi connectivity index (χ2v) is 5.23. The van der Waals surface area contributed by atoms with Gasteiger partial charge in [-0.25, -0.2) is 0 Å². The molecule has 0 saturated heterocycles. The van der Waals surface area contributed by atoms with Crippen molar-refractivity contribution in [3.8, 4) is 0 Å². The quantitative estimate of drug-likeness (QED) is 0.635. The molecular weight excluding hydrogens is 164 g/mol. The van der Waals surface area contributed by atoms with Gasteiger partial charge in [0.2, 0.25) is 0 Å². The molecule has 5 rings (SSSR count). The van der Waals surface area contributed by atoms with Crippen LogP contribution >= 0.6 is 0 Å². The van der Waals surface area contributed by atoms with Crippen LogP contribution < -0.4 is 0 Å². The molecule has 2 heteroatoms. The summed E-state index contributed by atoms with van der Waals surface area (Å²) in [6, 6.07) is 0. The normalized spacial score (nSPS) is 58.6. The van der Waals surface area contributed by atoms with Gasteiger partial charge in [0.05, 0.1) is 6.10 Å². The molecule has 6 atom stereocenters. The van der Waals surface area contributed by atoms with Crippen LogP contribution in [0, 0.1) is 29.6 Å². The Morgan fingerprint density at radius 2 is 1.62 bits per heavy atom. The molecular formula is C11H18O2. The van der Waals surface area contributed by atoms with E-state index in [1.807, 2.05) is 0 Å². The summed E-state index contributed by atoms with van der Waals surface area (Å²) in [5, 5.41) is 19.3. The number of hydrogen-bond donors (Lipinski definition) is 2. The molecule has 0 spiro atoms. The maximum absolute atomic E-state index is 10.0. The van der Waals surface area contributed by atoms with Crippen molar-refractivity contribution in [3.05, 3.63) is 0 Å². The van der Waals surface area contributed by atoms with Gasteiger partial charge in [0.15, 0.2) is 0 Å². The fourth-order valence-electron chi connectivity index (χ4n) is 4.28. The van der Waals surface area contributed by atoms with Crippen molar-refractivity contribution in [3.63, 3.8) is 0 Å². The summed E-state index contributed by atoms with van der Waals surface area (Å²) in [6.45, 7) is 0.200. The molecule has 0 amide bonds. The van der Waals surface area contributed by atoms with Crippen LogP contribution in [-0.4, -0.2) is 22.9 Å². The minimum absolute atomic E-state index is 0.190. The molecule has 2 nitrogen and oxygen atoms in total. The number of aliphatic hydroxyl groups is 2. The largest absolute Gasteiger partial charge is 0.396 e.